The fraction of sp³-hybridized carbons (Fsp3) is 0.350. The molecule has 7 nitrogen and oxygen atoms in total. The second kappa shape index (κ2) is 10.6. The molecule has 1 fully saturated rings. The first kappa shape index (κ1) is 21.7. The third-order valence-electron chi connectivity index (χ3n) is 4.58. The average molecular weight is 404 g/mol. The van der Waals surface area contributed by atoms with Crippen molar-refractivity contribution in [2.45, 2.75) is 32.4 Å². The predicted octanol–water partition coefficient (Wildman–Crippen LogP) is 3.15. The number of urea groups is 1. The molecular formula is C20H26ClN5O2. The first-order valence-electron chi connectivity index (χ1n) is 9.18. The van der Waals surface area contributed by atoms with E-state index in [1.54, 1.807) is 30.6 Å². The highest BCUT2D eigenvalue weighted by atomic mass is 35.5. The Morgan fingerprint density at radius 2 is 1.86 bits per heavy atom. The van der Waals surface area contributed by atoms with E-state index in [-0.39, 0.29) is 30.3 Å². The predicted molar refractivity (Wildman–Crippen MR) is 113 cm³/mol. The Kier molecular flexibility index (Phi) is 8.22. The van der Waals surface area contributed by atoms with E-state index in [2.05, 4.69) is 33.2 Å². The number of halogens is 1. The summed E-state index contributed by atoms with van der Waals surface area (Å²) < 4.78 is 0. The quantitative estimate of drug-likeness (QED) is 0.616. The van der Waals surface area contributed by atoms with Gasteiger partial charge in [0.25, 0.3) is 0 Å². The molecule has 0 aliphatic carbocycles. The van der Waals surface area contributed by atoms with Crippen LogP contribution in [0.5, 0.6) is 0 Å². The van der Waals surface area contributed by atoms with Gasteiger partial charge < -0.3 is 21.3 Å². The molecule has 1 saturated heterocycles. The van der Waals surface area contributed by atoms with Gasteiger partial charge in [0.2, 0.25) is 5.91 Å². The summed E-state index contributed by atoms with van der Waals surface area (Å²) in [4.78, 5) is 28.5. The Balaban J connectivity index is 0.00000280. The van der Waals surface area contributed by atoms with Crippen LogP contribution in [0.2, 0.25) is 0 Å². The smallest absolute Gasteiger partial charge is 0.319 e. The zero-order valence-electron chi connectivity index (χ0n) is 15.8. The number of aromatic nitrogens is 1. The number of nitrogens with zero attached hydrogens (tertiary/aromatic N) is 1. The second-order valence-corrected chi connectivity index (χ2v) is 6.81. The molecule has 4 N–H and O–H groups in total. The van der Waals surface area contributed by atoms with Gasteiger partial charge in [-0.1, -0.05) is 6.07 Å². The van der Waals surface area contributed by atoms with Crippen LogP contribution in [0.4, 0.5) is 16.2 Å². The SMILES string of the molecule is C[C@H]1C[C@@H](C(=O)Nc2cccc(NC(=O)NCc3ccncc3)c2)CCN1.Cl. The summed E-state index contributed by atoms with van der Waals surface area (Å²) in [6.07, 6.45) is 5.04. The van der Waals surface area contributed by atoms with Gasteiger partial charge in [0.15, 0.2) is 0 Å². The number of pyridine rings is 1. The molecule has 28 heavy (non-hydrogen) atoms. The highest BCUT2D eigenvalue weighted by Gasteiger charge is 2.24. The van der Waals surface area contributed by atoms with Gasteiger partial charge >= 0.3 is 6.03 Å². The van der Waals surface area contributed by atoms with Crippen molar-refractivity contribution in [3.05, 3.63) is 54.4 Å². The zero-order chi connectivity index (χ0) is 19.1. The Hall–Kier alpha value is -2.64. The number of amides is 3. The van der Waals surface area contributed by atoms with Crippen LogP contribution in [0.3, 0.4) is 0 Å². The number of hydrogen-bond acceptors (Lipinski definition) is 4. The molecule has 1 aromatic carbocycles. The van der Waals surface area contributed by atoms with E-state index in [9.17, 15) is 9.59 Å². The second-order valence-electron chi connectivity index (χ2n) is 6.81. The first-order valence-corrected chi connectivity index (χ1v) is 9.18. The Bertz CT molecular complexity index is 787. The van der Waals surface area contributed by atoms with Gasteiger partial charge in [-0.05, 0) is 62.2 Å². The van der Waals surface area contributed by atoms with Crippen molar-refractivity contribution in [1.82, 2.24) is 15.6 Å². The Morgan fingerprint density at radius 3 is 2.57 bits per heavy atom. The molecular weight excluding hydrogens is 378 g/mol. The Labute approximate surface area is 171 Å². The number of rotatable bonds is 5. The van der Waals surface area contributed by atoms with E-state index in [1.165, 1.54) is 0 Å². The molecule has 0 saturated carbocycles. The van der Waals surface area contributed by atoms with Crippen LogP contribution in [-0.2, 0) is 11.3 Å². The van der Waals surface area contributed by atoms with E-state index in [0.29, 0.717) is 24.0 Å². The lowest BCUT2D eigenvalue weighted by Gasteiger charge is -2.27. The third-order valence-corrected chi connectivity index (χ3v) is 4.58. The third kappa shape index (κ3) is 6.51. The van der Waals surface area contributed by atoms with Crippen molar-refractivity contribution in [3.8, 4) is 0 Å². The lowest BCUT2D eigenvalue weighted by molar-refractivity contribution is -0.120. The largest absolute Gasteiger partial charge is 0.334 e. The maximum absolute atomic E-state index is 12.5. The van der Waals surface area contributed by atoms with Gasteiger partial charge in [-0.3, -0.25) is 9.78 Å². The molecule has 0 bridgehead atoms. The number of carbonyl (C=O) groups excluding carboxylic acids is 2. The van der Waals surface area contributed by atoms with Gasteiger partial charge in [0.05, 0.1) is 0 Å². The highest BCUT2D eigenvalue weighted by Crippen LogP contribution is 2.20. The maximum atomic E-state index is 12.5. The molecule has 3 amide bonds. The van der Waals surface area contributed by atoms with Crippen molar-refractivity contribution >= 4 is 35.7 Å². The minimum Gasteiger partial charge on any atom is -0.334 e. The molecule has 2 heterocycles. The van der Waals surface area contributed by atoms with Gasteiger partial charge in [-0.15, -0.1) is 12.4 Å². The number of piperidine rings is 1. The summed E-state index contributed by atoms with van der Waals surface area (Å²) in [6, 6.07) is 10.9. The van der Waals surface area contributed by atoms with Crippen molar-refractivity contribution in [2.24, 2.45) is 5.92 Å². The number of hydrogen-bond donors (Lipinski definition) is 4. The zero-order valence-corrected chi connectivity index (χ0v) is 16.6. The number of anilines is 2. The lowest BCUT2D eigenvalue weighted by Crippen LogP contribution is -2.40. The molecule has 150 valence electrons. The van der Waals surface area contributed by atoms with E-state index >= 15 is 0 Å². The minimum absolute atomic E-state index is 0. The molecule has 3 rings (SSSR count). The molecule has 1 aromatic heterocycles. The van der Waals surface area contributed by atoms with Crippen LogP contribution < -0.4 is 21.3 Å². The van der Waals surface area contributed by atoms with Gasteiger partial charge in [-0.25, -0.2) is 4.79 Å². The van der Waals surface area contributed by atoms with Crippen LogP contribution in [0.1, 0.15) is 25.3 Å². The number of carbonyl (C=O) groups is 2. The summed E-state index contributed by atoms with van der Waals surface area (Å²) in [5.41, 5.74) is 2.27. The van der Waals surface area contributed by atoms with Crippen LogP contribution in [0.15, 0.2) is 48.8 Å². The molecule has 1 aliphatic heterocycles. The molecule has 2 atom stereocenters. The molecule has 0 unspecified atom stereocenters. The minimum atomic E-state index is -0.303. The molecule has 2 aromatic rings. The average Bonchev–Trinajstić information content (AvgIpc) is 2.67. The normalized spacial score (nSPS) is 18.5. The van der Waals surface area contributed by atoms with Gasteiger partial charge in [0.1, 0.15) is 0 Å². The highest BCUT2D eigenvalue weighted by molar-refractivity contribution is 5.94. The van der Waals surface area contributed by atoms with Crippen molar-refractivity contribution < 1.29 is 9.59 Å². The summed E-state index contributed by atoms with van der Waals surface area (Å²) in [6.45, 7) is 3.37. The summed E-state index contributed by atoms with van der Waals surface area (Å²) in [5.74, 6) is 0.0455. The van der Waals surface area contributed by atoms with E-state index < -0.39 is 0 Å². The standard InChI is InChI=1S/C20H25N5O2.ClH/c1-14-11-16(7-10-22-14)19(26)24-17-3-2-4-18(12-17)25-20(27)23-13-15-5-8-21-9-6-15;/h2-6,8-9,12,14,16,22H,7,10-11,13H2,1H3,(H,24,26)(H2,23,25,27);1H/t14-,16-;/m0./s1. The molecule has 8 heteroatoms. The maximum Gasteiger partial charge on any atom is 0.319 e. The van der Waals surface area contributed by atoms with Crippen molar-refractivity contribution in [1.29, 1.82) is 0 Å². The van der Waals surface area contributed by atoms with Crippen LogP contribution in [0, 0.1) is 5.92 Å². The summed E-state index contributed by atoms with van der Waals surface area (Å²) in [7, 11) is 0. The van der Waals surface area contributed by atoms with Crippen molar-refractivity contribution in [2.75, 3.05) is 17.2 Å². The van der Waals surface area contributed by atoms with E-state index in [4.69, 9.17) is 0 Å². The summed E-state index contributed by atoms with van der Waals surface area (Å²) >= 11 is 0. The number of nitrogens with one attached hydrogen (secondary N) is 4. The molecule has 1 aliphatic rings. The first-order chi connectivity index (χ1) is 13.1. The number of benzene rings is 1. The van der Waals surface area contributed by atoms with Crippen LogP contribution >= 0.6 is 12.4 Å². The van der Waals surface area contributed by atoms with E-state index in [1.807, 2.05) is 18.2 Å². The fourth-order valence-electron chi connectivity index (χ4n) is 3.15. The molecule has 0 radical (unpaired) electrons. The van der Waals surface area contributed by atoms with Gasteiger partial charge in [-0.2, -0.15) is 0 Å². The monoisotopic (exact) mass is 403 g/mol. The van der Waals surface area contributed by atoms with Gasteiger partial charge in [0, 0.05) is 42.3 Å². The van der Waals surface area contributed by atoms with Crippen LogP contribution in [0.25, 0.3) is 0 Å². The summed E-state index contributed by atoms with van der Waals surface area (Å²) in [5, 5.41) is 11.9. The van der Waals surface area contributed by atoms with Crippen molar-refractivity contribution in [3.63, 3.8) is 0 Å². The topological polar surface area (TPSA) is 95.2 Å². The van der Waals surface area contributed by atoms with Crippen LogP contribution in [-0.4, -0.2) is 29.5 Å². The Morgan fingerprint density at radius 1 is 1.14 bits per heavy atom. The fourth-order valence-corrected chi connectivity index (χ4v) is 3.15. The van der Waals surface area contributed by atoms with E-state index in [0.717, 1.165) is 24.9 Å². The molecule has 0 spiro atoms. The lowest BCUT2D eigenvalue weighted by atomic mass is 9.92.